The molecule has 3 heteroatoms. The van der Waals surface area contributed by atoms with Crippen LogP contribution in [0.4, 0.5) is 0 Å². The minimum Gasteiger partial charge on any atom is -0.391 e. The van der Waals surface area contributed by atoms with Crippen LogP contribution in [-0.2, 0) is 4.74 Å². The van der Waals surface area contributed by atoms with Crippen LogP contribution in [0.25, 0.3) is 0 Å². The van der Waals surface area contributed by atoms with Gasteiger partial charge in [0, 0.05) is 19.7 Å². The molecule has 0 amide bonds. The van der Waals surface area contributed by atoms with Gasteiger partial charge < -0.3 is 9.84 Å². The number of rotatable bonds is 3. The van der Waals surface area contributed by atoms with E-state index >= 15 is 0 Å². The van der Waals surface area contributed by atoms with Crippen molar-refractivity contribution in [2.45, 2.75) is 51.7 Å². The molecule has 0 radical (unpaired) electrons. The molecule has 0 aromatic heterocycles. The molecule has 1 heterocycles. The highest BCUT2D eigenvalue weighted by molar-refractivity contribution is 4.93. The van der Waals surface area contributed by atoms with Gasteiger partial charge in [0.15, 0.2) is 0 Å². The molecule has 0 bridgehead atoms. The highest BCUT2D eigenvalue weighted by Crippen LogP contribution is 2.38. The lowest BCUT2D eigenvalue weighted by Gasteiger charge is -2.42. The number of aliphatic hydroxyl groups excluding tert-OH is 1. The molecule has 2 fully saturated rings. The van der Waals surface area contributed by atoms with Gasteiger partial charge in [-0.1, -0.05) is 13.8 Å². The van der Waals surface area contributed by atoms with E-state index in [2.05, 4.69) is 18.7 Å². The van der Waals surface area contributed by atoms with Crippen LogP contribution in [0, 0.1) is 11.3 Å². The molecule has 3 atom stereocenters. The minimum absolute atomic E-state index is 0.121. The van der Waals surface area contributed by atoms with Gasteiger partial charge in [0.05, 0.1) is 12.7 Å². The number of aliphatic hydroxyl groups is 1. The molecule has 0 spiro atoms. The molecule has 2 rings (SSSR count). The van der Waals surface area contributed by atoms with Crippen LogP contribution in [-0.4, -0.2) is 49.0 Å². The first-order valence-corrected chi connectivity index (χ1v) is 6.93. The number of ether oxygens (including phenoxy) is 1. The summed E-state index contributed by atoms with van der Waals surface area (Å²) >= 11 is 0. The summed E-state index contributed by atoms with van der Waals surface area (Å²) in [5.74, 6) is 0.664. The van der Waals surface area contributed by atoms with Crippen molar-refractivity contribution in [3.8, 4) is 0 Å². The van der Waals surface area contributed by atoms with Crippen molar-refractivity contribution in [3.05, 3.63) is 0 Å². The van der Waals surface area contributed by atoms with E-state index in [1.165, 1.54) is 6.42 Å². The Balaban J connectivity index is 1.92. The lowest BCUT2D eigenvalue weighted by atomic mass is 9.73. The zero-order valence-electron chi connectivity index (χ0n) is 11.5. The molecule has 0 aromatic carbocycles. The van der Waals surface area contributed by atoms with Crippen LogP contribution in [0.15, 0.2) is 0 Å². The normalized spacial score (nSPS) is 38.5. The molecule has 3 nitrogen and oxygen atoms in total. The lowest BCUT2D eigenvalue weighted by Crippen LogP contribution is -2.48. The van der Waals surface area contributed by atoms with Gasteiger partial charge in [-0.25, -0.2) is 0 Å². The summed E-state index contributed by atoms with van der Waals surface area (Å²) in [6.07, 6.45) is 4.35. The molecule has 17 heavy (non-hydrogen) atoms. The monoisotopic (exact) mass is 241 g/mol. The Labute approximate surface area is 105 Å². The van der Waals surface area contributed by atoms with E-state index in [9.17, 15) is 5.11 Å². The van der Waals surface area contributed by atoms with E-state index in [1.807, 2.05) is 0 Å². The second kappa shape index (κ2) is 5.25. The van der Waals surface area contributed by atoms with Gasteiger partial charge in [-0.15, -0.1) is 0 Å². The van der Waals surface area contributed by atoms with Gasteiger partial charge in [0.25, 0.3) is 0 Å². The molecule has 1 saturated carbocycles. The number of hydrogen-bond acceptors (Lipinski definition) is 3. The van der Waals surface area contributed by atoms with Crippen LogP contribution in [0.5, 0.6) is 0 Å². The summed E-state index contributed by atoms with van der Waals surface area (Å²) in [5.41, 5.74) is 0.392. The van der Waals surface area contributed by atoms with Gasteiger partial charge in [-0.3, -0.25) is 4.90 Å². The van der Waals surface area contributed by atoms with Gasteiger partial charge in [-0.05, 0) is 43.6 Å². The SMILES string of the molecule is COCC1CCN(C2CC(C)(C)CCC2O)C1. The van der Waals surface area contributed by atoms with E-state index in [0.29, 0.717) is 17.4 Å². The van der Waals surface area contributed by atoms with Crippen LogP contribution in [0.2, 0.25) is 0 Å². The molecule has 100 valence electrons. The van der Waals surface area contributed by atoms with Crippen molar-refractivity contribution in [3.63, 3.8) is 0 Å². The number of methoxy groups -OCH3 is 1. The highest BCUT2D eigenvalue weighted by atomic mass is 16.5. The third-order valence-corrected chi connectivity index (χ3v) is 4.51. The maximum Gasteiger partial charge on any atom is 0.0695 e. The summed E-state index contributed by atoms with van der Waals surface area (Å²) in [6.45, 7) is 7.75. The second-order valence-electron chi connectivity index (χ2n) is 6.65. The Morgan fingerprint density at radius 1 is 1.35 bits per heavy atom. The van der Waals surface area contributed by atoms with Crippen molar-refractivity contribution in [2.24, 2.45) is 11.3 Å². The summed E-state index contributed by atoms with van der Waals surface area (Å²) in [6, 6.07) is 0.376. The maximum absolute atomic E-state index is 10.2. The second-order valence-corrected chi connectivity index (χ2v) is 6.65. The molecule has 1 saturated heterocycles. The van der Waals surface area contributed by atoms with Gasteiger partial charge >= 0.3 is 0 Å². The molecule has 1 aliphatic carbocycles. The van der Waals surface area contributed by atoms with E-state index in [4.69, 9.17) is 4.74 Å². The molecular formula is C14H27NO2. The van der Waals surface area contributed by atoms with Crippen LogP contribution < -0.4 is 0 Å². The first-order chi connectivity index (χ1) is 8.02. The van der Waals surface area contributed by atoms with Crippen LogP contribution >= 0.6 is 0 Å². The zero-order chi connectivity index (χ0) is 12.5. The Hall–Kier alpha value is -0.120. The van der Waals surface area contributed by atoms with E-state index in [1.54, 1.807) is 7.11 Å². The molecule has 1 aliphatic heterocycles. The fourth-order valence-corrected chi connectivity index (χ4v) is 3.44. The standard InChI is InChI=1S/C14H27NO2/c1-14(2)6-4-13(16)12(8-14)15-7-5-11(9-15)10-17-3/h11-13,16H,4-10H2,1-3H3. The van der Waals surface area contributed by atoms with E-state index in [0.717, 1.165) is 39.0 Å². The van der Waals surface area contributed by atoms with Gasteiger partial charge in [-0.2, -0.15) is 0 Å². The predicted molar refractivity (Wildman–Crippen MR) is 69.0 cm³/mol. The predicted octanol–water partition coefficient (Wildman–Crippen LogP) is 1.89. The van der Waals surface area contributed by atoms with Gasteiger partial charge in [0.1, 0.15) is 0 Å². The Morgan fingerprint density at radius 2 is 2.12 bits per heavy atom. The smallest absolute Gasteiger partial charge is 0.0695 e. The van der Waals surface area contributed by atoms with E-state index in [-0.39, 0.29) is 6.10 Å². The van der Waals surface area contributed by atoms with Crippen molar-refractivity contribution in [2.75, 3.05) is 26.8 Å². The van der Waals surface area contributed by atoms with Crippen LogP contribution in [0.1, 0.15) is 39.5 Å². The molecule has 3 unspecified atom stereocenters. The number of likely N-dealkylation sites (tertiary alicyclic amines) is 1. The Kier molecular flexibility index (Phi) is 4.11. The fraction of sp³-hybridized carbons (Fsp3) is 1.00. The molecular weight excluding hydrogens is 214 g/mol. The largest absolute Gasteiger partial charge is 0.391 e. The van der Waals surface area contributed by atoms with Crippen molar-refractivity contribution in [1.29, 1.82) is 0 Å². The number of nitrogens with zero attached hydrogens (tertiary/aromatic N) is 1. The van der Waals surface area contributed by atoms with Crippen LogP contribution in [0.3, 0.4) is 0 Å². The van der Waals surface area contributed by atoms with E-state index < -0.39 is 0 Å². The Morgan fingerprint density at radius 3 is 2.82 bits per heavy atom. The first-order valence-electron chi connectivity index (χ1n) is 6.93. The fourth-order valence-electron chi connectivity index (χ4n) is 3.44. The summed E-state index contributed by atoms with van der Waals surface area (Å²) in [5, 5.41) is 10.2. The third kappa shape index (κ3) is 3.21. The average Bonchev–Trinajstić information content (AvgIpc) is 2.71. The topological polar surface area (TPSA) is 32.7 Å². The van der Waals surface area contributed by atoms with Gasteiger partial charge in [0.2, 0.25) is 0 Å². The Bertz CT molecular complexity index is 255. The third-order valence-electron chi connectivity index (χ3n) is 4.51. The minimum atomic E-state index is -0.121. The molecule has 0 aromatic rings. The number of hydrogen-bond donors (Lipinski definition) is 1. The zero-order valence-corrected chi connectivity index (χ0v) is 11.5. The lowest BCUT2D eigenvalue weighted by molar-refractivity contribution is -0.0108. The van der Waals surface area contributed by atoms with Crippen molar-refractivity contribution < 1.29 is 9.84 Å². The summed E-state index contributed by atoms with van der Waals surface area (Å²) in [4.78, 5) is 2.50. The molecule has 2 aliphatic rings. The molecule has 1 N–H and O–H groups in total. The quantitative estimate of drug-likeness (QED) is 0.819. The van der Waals surface area contributed by atoms with Crippen molar-refractivity contribution in [1.82, 2.24) is 4.90 Å². The summed E-state index contributed by atoms with van der Waals surface area (Å²) in [7, 11) is 1.78. The van der Waals surface area contributed by atoms with Crippen molar-refractivity contribution >= 4 is 0 Å². The first kappa shape index (κ1) is 13.3. The maximum atomic E-state index is 10.2. The highest BCUT2D eigenvalue weighted by Gasteiger charge is 2.39. The summed E-state index contributed by atoms with van der Waals surface area (Å²) < 4.78 is 5.24. The average molecular weight is 241 g/mol.